The van der Waals surface area contributed by atoms with Gasteiger partial charge in [-0.3, -0.25) is 9.59 Å². The van der Waals surface area contributed by atoms with Crippen molar-refractivity contribution < 1.29 is 24.3 Å². The van der Waals surface area contributed by atoms with Crippen LogP contribution in [0, 0.1) is 0 Å². The van der Waals surface area contributed by atoms with Crippen LogP contribution in [0.3, 0.4) is 0 Å². The molecule has 1 atom stereocenters. The van der Waals surface area contributed by atoms with Gasteiger partial charge in [0.05, 0.1) is 6.42 Å². The van der Waals surface area contributed by atoms with Crippen molar-refractivity contribution >= 4 is 23.8 Å². The van der Waals surface area contributed by atoms with Crippen molar-refractivity contribution in [3.05, 3.63) is 0 Å². The van der Waals surface area contributed by atoms with Crippen LogP contribution in [0.4, 0.5) is 4.79 Å². The van der Waals surface area contributed by atoms with E-state index in [0.717, 1.165) is 0 Å². The van der Waals surface area contributed by atoms with Gasteiger partial charge in [-0.1, -0.05) is 0 Å². The third-order valence-corrected chi connectivity index (χ3v) is 2.13. The predicted molar refractivity (Wildman–Crippen MR) is 65.1 cm³/mol. The van der Waals surface area contributed by atoms with Crippen LogP contribution < -0.4 is 16.4 Å². The summed E-state index contributed by atoms with van der Waals surface area (Å²) in [7, 11) is 3.16. The van der Waals surface area contributed by atoms with E-state index in [9.17, 15) is 19.2 Å². The quantitative estimate of drug-likeness (QED) is 0.428. The second-order valence-corrected chi connectivity index (χ2v) is 4.00. The Balaban J connectivity index is 4.10. The second kappa shape index (κ2) is 7.90. The van der Waals surface area contributed by atoms with Crippen LogP contribution in [0.2, 0.25) is 0 Å². The molecule has 0 spiro atoms. The Labute approximate surface area is 110 Å². The van der Waals surface area contributed by atoms with E-state index in [1.165, 1.54) is 4.90 Å². The molecule has 0 aromatic carbocycles. The molecular formula is C10H18N4O5. The third kappa shape index (κ3) is 7.58. The molecule has 0 saturated carbocycles. The molecule has 0 rings (SSSR count). The molecule has 5 N–H and O–H groups in total. The first-order valence-corrected chi connectivity index (χ1v) is 5.49. The Morgan fingerprint density at radius 2 is 1.84 bits per heavy atom. The number of rotatable bonds is 7. The van der Waals surface area contributed by atoms with E-state index in [-0.39, 0.29) is 18.9 Å². The number of urea groups is 1. The maximum Gasteiger partial charge on any atom is 0.326 e. The van der Waals surface area contributed by atoms with Gasteiger partial charge in [0.25, 0.3) is 0 Å². The van der Waals surface area contributed by atoms with Crippen molar-refractivity contribution in [1.29, 1.82) is 0 Å². The van der Waals surface area contributed by atoms with Crippen LogP contribution >= 0.6 is 0 Å². The Morgan fingerprint density at radius 3 is 2.26 bits per heavy atom. The summed E-state index contributed by atoms with van der Waals surface area (Å²) in [6.07, 6.45) is -0.409. The number of carboxylic acids is 1. The summed E-state index contributed by atoms with van der Waals surface area (Å²) in [6, 6.07) is -2.16. The number of hydrogen-bond acceptors (Lipinski definition) is 4. The number of carbonyl (C=O) groups is 4. The zero-order valence-electron chi connectivity index (χ0n) is 10.8. The topological polar surface area (TPSA) is 142 Å². The van der Waals surface area contributed by atoms with Gasteiger partial charge in [-0.25, -0.2) is 9.59 Å². The Kier molecular flexibility index (Phi) is 6.94. The Bertz CT molecular complexity index is 369. The molecule has 0 bridgehead atoms. The van der Waals surface area contributed by atoms with Crippen molar-refractivity contribution in [2.45, 2.75) is 18.9 Å². The fraction of sp³-hybridized carbons (Fsp3) is 0.600. The van der Waals surface area contributed by atoms with Gasteiger partial charge in [0.2, 0.25) is 11.8 Å². The van der Waals surface area contributed by atoms with Crippen LogP contribution in [0.1, 0.15) is 12.8 Å². The fourth-order valence-electron chi connectivity index (χ4n) is 1.12. The van der Waals surface area contributed by atoms with Gasteiger partial charge in [0, 0.05) is 27.1 Å². The molecule has 0 aliphatic heterocycles. The lowest BCUT2D eigenvalue weighted by Gasteiger charge is -2.14. The average molecular weight is 274 g/mol. The average Bonchev–Trinajstić information content (AvgIpc) is 2.26. The van der Waals surface area contributed by atoms with Crippen molar-refractivity contribution in [1.82, 2.24) is 15.5 Å². The molecule has 4 amide bonds. The normalized spacial score (nSPS) is 11.3. The first kappa shape index (κ1) is 16.7. The second-order valence-electron chi connectivity index (χ2n) is 4.00. The molecule has 0 aromatic heterocycles. The minimum Gasteiger partial charge on any atom is -0.480 e. The largest absolute Gasteiger partial charge is 0.480 e. The van der Waals surface area contributed by atoms with Crippen LogP contribution in [0.25, 0.3) is 0 Å². The molecule has 108 valence electrons. The lowest BCUT2D eigenvalue weighted by molar-refractivity contribution is -0.140. The van der Waals surface area contributed by atoms with E-state index in [4.69, 9.17) is 10.8 Å². The molecule has 0 fully saturated rings. The van der Waals surface area contributed by atoms with Gasteiger partial charge in [-0.15, -0.1) is 0 Å². The summed E-state index contributed by atoms with van der Waals surface area (Å²) in [5.74, 6) is -2.37. The number of nitrogens with zero attached hydrogens (tertiary/aromatic N) is 1. The number of hydrogen-bond donors (Lipinski definition) is 4. The van der Waals surface area contributed by atoms with Gasteiger partial charge in [-0.2, -0.15) is 0 Å². The first-order valence-electron chi connectivity index (χ1n) is 5.49. The number of nitrogens with two attached hydrogens (primary N) is 1. The lowest BCUT2D eigenvalue weighted by Crippen LogP contribution is -2.48. The number of nitrogens with one attached hydrogen (secondary N) is 2. The first-order chi connectivity index (χ1) is 8.73. The van der Waals surface area contributed by atoms with Crippen LogP contribution in [-0.2, 0) is 14.4 Å². The van der Waals surface area contributed by atoms with Gasteiger partial charge in [0.15, 0.2) is 0 Å². The van der Waals surface area contributed by atoms with E-state index in [1.54, 1.807) is 14.1 Å². The van der Waals surface area contributed by atoms with Crippen LogP contribution in [0.5, 0.6) is 0 Å². The van der Waals surface area contributed by atoms with Gasteiger partial charge in [0.1, 0.15) is 6.04 Å². The summed E-state index contributed by atoms with van der Waals surface area (Å²) in [4.78, 5) is 45.2. The maximum absolute atomic E-state index is 11.3. The molecule has 0 saturated heterocycles. The minimum absolute atomic E-state index is 0.0613. The SMILES string of the molecule is CN(C)C(=O)CCNC(=O)N[C@H](CC(N)=O)C(=O)O. The fourth-order valence-corrected chi connectivity index (χ4v) is 1.12. The smallest absolute Gasteiger partial charge is 0.326 e. The summed E-state index contributed by atoms with van der Waals surface area (Å²) < 4.78 is 0. The van der Waals surface area contributed by atoms with Gasteiger partial charge in [-0.05, 0) is 0 Å². The minimum atomic E-state index is -1.39. The van der Waals surface area contributed by atoms with Crippen molar-refractivity contribution in [2.24, 2.45) is 5.73 Å². The van der Waals surface area contributed by atoms with E-state index >= 15 is 0 Å². The van der Waals surface area contributed by atoms with Crippen LogP contribution in [0.15, 0.2) is 0 Å². The van der Waals surface area contributed by atoms with Crippen molar-refractivity contribution in [3.8, 4) is 0 Å². The molecule has 0 aromatic rings. The van der Waals surface area contributed by atoms with E-state index in [0.29, 0.717) is 0 Å². The zero-order chi connectivity index (χ0) is 15.0. The molecule has 0 aliphatic rings. The van der Waals surface area contributed by atoms with Gasteiger partial charge >= 0.3 is 12.0 Å². The third-order valence-electron chi connectivity index (χ3n) is 2.13. The number of carboxylic acid groups (broad SMARTS) is 1. The van der Waals surface area contributed by atoms with Gasteiger partial charge < -0.3 is 26.4 Å². The number of carbonyl (C=O) groups excluding carboxylic acids is 3. The summed E-state index contributed by atoms with van der Waals surface area (Å²) >= 11 is 0. The highest BCUT2D eigenvalue weighted by Gasteiger charge is 2.21. The Hall–Kier alpha value is -2.32. The maximum atomic E-state index is 11.3. The van der Waals surface area contributed by atoms with E-state index in [1.807, 2.05) is 0 Å². The standard InChI is InChI=1S/C10H18N4O5/c1-14(2)8(16)3-4-12-10(19)13-6(9(17)18)5-7(11)15/h6H,3-5H2,1-2H3,(H2,11,15)(H,17,18)(H2,12,13,19)/t6-/m1/s1. The summed E-state index contributed by atoms with van der Waals surface area (Å²) in [6.45, 7) is 0.0613. The molecule has 0 heterocycles. The Morgan fingerprint density at radius 1 is 1.26 bits per heavy atom. The summed E-state index contributed by atoms with van der Waals surface area (Å²) in [5, 5.41) is 13.1. The molecule has 19 heavy (non-hydrogen) atoms. The predicted octanol–water partition coefficient (Wildman–Crippen LogP) is -1.91. The highest BCUT2D eigenvalue weighted by Crippen LogP contribution is 1.92. The molecule has 9 nitrogen and oxygen atoms in total. The van der Waals surface area contributed by atoms with Crippen molar-refractivity contribution in [2.75, 3.05) is 20.6 Å². The monoisotopic (exact) mass is 274 g/mol. The van der Waals surface area contributed by atoms with E-state index in [2.05, 4.69) is 10.6 Å². The highest BCUT2D eigenvalue weighted by molar-refractivity contribution is 5.87. The molecule has 0 unspecified atom stereocenters. The molecule has 0 radical (unpaired) electrons. The number of amides is 4. The summed E-state index contributed by atoms with van der Waals surface area (Å²) in [5.41, 5.74) is 4.86. The lowest BCUT2D eigenvalue weighted by atomic mass is 10.2. The molecule has 9 heteroatoms. The van der Waals surface area contributed by atoms with E-state index < -0.39 is 30.4 Å². The van der Waals surface area contributed by atoms with Crippen molar-refractivity contribution in [3.63, 3.8) is 0 Å². The number of aliphatic carboxylic acids is 1. The zero-order valence-corrected chi connectivity index (χ0v) is 10.8. The van der Waals surface area contributed by atoms with Crippen LogP contribution in [-0.4, -0.2) is 60.5 Å². The molecule has 0 aliphatic carbocycles. The highest BCUT2D eigenvalue weighted by atomic mass is 16.4. The molecular weight excluding hydrogens is 256 g/mol. The number of primary amides is 1.